The van der Waals surface area contributed by atoms with Crippen molar-refractivity contribution in [2.75, 3.05) is 0 Å². The molecule has 0 aliphatic carbocycles. The van der Waals surface area contributed by atoms with E-state index in [0.29, 0.717) is 17.7 Å². The van der Waals surface area contributed by atoms with Crippen LogP contribution >= 0.6 is 0 Å². The monoisotopic (exact) mass is 234 g/mol. The first kappa shape index (κ1) is 11.4. The minimum atomic E-state index is -0.364. The van der Waals surface area contributed by atoms with Crippen molar-refractivity contribution in [2.45, 2.75) is 13.0 Å². The van der Waals surface area contributed by atoms with Crippen LogP contribution in [0, 0.1) is 0 Å². The largest absolute Gasteiger partial charge is 0.332 e. The number of allylic oxidation sites excluding steroid dienone is 1. The molecule has 2 aromatic rings. The Kier molecular flexibility index (Phi) is 2.71. The van der Waals surface area contributed by atoms with E-state index in [2.05, 4.69) is 11.6 Å². The fourth-order valence-electron chi connectivity index (χ4n) is 1.80. The SMILES string of the molecule is C=CCCn1cnc2c1c(=O)n(C)c(=O)n2C. The van der Waals surface area contributed by atoms with E-state index in [0.717, 1.165) is 11.0 Å². The summed E-state index contributed by atoms with van der Waals surface area (Å²) in [5, 5.41) is 0. The third kappa shape index (κ3) is 1.61. The molecule has 0 saturated carbocycles. The lowest BCUT2D eigenvalue weighted by atomic mass is 10.4. The summed E-state index contributed by atoms with van der Waals surface area (Å²) in [7, 11) is 3.07. The molecule has 17 heavy (non-hydrogen) atoms. The van der Waals surface area contributed by atoms with Gasteiger partial charge in [-0.25, -0.2) is 9.78 Å². The van der Waals surface area contributed by atoms with Gasteiger partial charge in [-0.15, -0.1) is 6.58 Å². The Balaban J connectivity index is 2.81. The normalized spacial score (nSPS) is 10.9. The second kappa shape index (κ2) is 4.04. The van der Waals surface area contributed by atoms with E-state index in [4.69, 9.17) is 0 Å². The van der Waals surface area contributed by atoms with Crippen molar-refractivity contribution >= 4 is 11.2 Å². The van der Waals surface area contributed by atoms with Crippen molar-refractivity contribution in [1.29, 1.82) is 0 Å². The molecule has 2 heterocycles. The lowest BCUT2D eigenvalue weighted by Gasteiger charge is -2.05. The van der Waals surface area contributed by atoms with Gasteiger partial charge < -0.3 is 4.57 Å². The summed E-state index contributed by atoms with van der Waals surface area (Å²) in [6.07, 6.45) is 4.10. The molecule has 0 aliphatic rings. The summed E-state index contributed by atoms with van der Waals surface area (Å²) >= 11 is 0. The van der Waals surface area contributed by atoms with Crippen LogP contribution in [0.2, 0.25) is 0 Å². The molecule has 0 unspecified atom stereocenters. The Bertz CT molecular complexity index is 690. The Morgan fingerprint density at radius 3 is 2.71 bits per heavy atom. The summed E-state index contributed by atoms with van der Waals surface area (Å²) in [6, 6.07) is 0. The fourth-order valence-corrected chi connectivity index (χ4v) is 1.80. The van der Waals surface area contributed by atoms with Gasteiger partial charge >= 0.3 is 5.69 Å². The first-order valence-corrected chi connectivity index (χ1v) is 5.29. The highest BCUT2D eigenvalue weighted by atomic mass is 16.2. The molecule has 0 radical (unpaired) electrons. The van der Waals surface area contributed by atoms with E-state index in [1.807, 2.05) is 0 Å². The first-order valence-electron chi connectivity index (χ1n) is 5.29. The van der Waals surface area contributed by atoms with E-state index in [1.54, 1.807) is 24.0 Å². The lowest BCUT2D eigenvalue weighted by Crippen LogP contribution is -2.37. The van der Waals surface area contributed by atoms with Crippen molar-refractivity contribution in [2.24, 2.45) is 14.1 Å². The van der Waals surface area contributed by atoms with Crippen molar-refractivity contribution in [3.05, 3.63) is 39.8 Å². The Labute approximate surface area is 97.4 Å². The highest BCUT2D eigenvalue weighted by Crippen LogP contribution is 2.05. The quantitative estimate of drug-likeness (QED) is 0.703. The van der Waals surface area contributed by atoms with Crippen LogP contribution in [0.1, 0.15) is 6.42 Å². The highest BCUT2D eigenvalue weighted by Gasteiger charge is 2.13. The van der Waals surface area contributed by atoms with Gasteiger partial charge in [0, 0.05) is 20.6 Å². The van der Waals surface area contributed by atoms with Gasteiger partial charge in [-0.05, 0) is 6.42 Å². The van der Waals surface area contributed by atoms with E-state index in [9.17, 15) is 9.59 Å². The third-order valence-electron chi connectivity index (χ3n) is 2.79. The standard InChI is InChI=1S/C11H14N4O2/c1-4-5-6-15-7-12-9-8(15)10(16)14(3)11(17)13(9)2/h4,7H,1,5-6H2,2-3H3. The van der Waals surface area contributed by atoms with Gasteiger partial charge in [0.15, 0.2) is 11.2 Å². The molecule has 0 amide bonds. The molecule has 0 aliphatic heterocycles. The highest BCUT2D eigenvalue weighted by molar-refractivity contribution is 5.69. The van der Waals surface area contributed by atoms with Crippen molar-refractivity contribution in [1.82, 2.24) is 18.7 Å². The van der Waals surface area contributed by atoms with Crippen molar-refractivity contribution in [3.8, 4) is 0 Å². The number of fused-ring (bicyclic) bond motifs is 1. The van der Waals surface area contributed by atoms with Crippen molar-refractivity contribution in [3.63, 3.8) is 0 Å². The Morgan fingerprint density at radius 2 is 2.06 bits per heavy atom. The van der Waals surface area contributed by atoms with Gasteiger partial charge in [0.1, 0.15) is 0 Å². The van der Waals surface area contributed by atoms with Gasteiger partial charge in [0.25, 0.3) is 5.56 Å². The number of aryl methyl sites for hydroxylation is 2. The number of hydrogen-bond donors (Lipinski definition) is 0. The van der Waals surface area contributed by atoms with Crippen molar-refractivity contribution < 1.29 is 0 Å². The van der Waals surface area contributed by atoms with Crippen LogP contribution in [0.3, 0.4) is 0 Å². The summed E-state index contributed by atoms with van der Waals surface area (Å²) in [6.45, 7) is 4.27. The number of imidazole rings is 1. The molecule has 0 aromatic carbocycles. The van der Waals surface area contributed by atoms with Crippen LogP contribution in [0.5, 0.6) is 0 Å². The topological polar surface area (TPSA) is 61.8 Å². The zero-order valence-corrected chi connectivity index (χ0v) is 9.88. The molecule has 0 bridgehead atoms. The number of rotatable bonds is 3. The van der Waals surface area contributed by atoms with Crippen LogP contribution < -0.4 is 11.2 Å². The van der Waals surface area contributed by atoms with Crippen LogP contribution in [0.4, 0.5) is 0 Å². The second-order valence-electron chi connectivity index (χ2n) is 3.89. The molecule has 0 spiro atoms. The Morgan fingerprint density at radius 1 is 1.35 bits per heavy atom. The molecule has 90 valence electrons. The predicted octanol–water partition coefficient (Wildman–Crippen LogP) is 0.00980. The zero-order valence-electron chi connectivity index (χ0n) is 9.88. The lowest BCUT2D eigenvalue weighted by molar-refractivity contribution is 0.690. The van der Waals surface area contributed by atoms with Gasteiger partial charge in [0.05, 0.1) is 6.33 Å². The van der Waals surface area contributed by atoms with Crippen LogP contribution in [-0.2, 0) is 20.6 Å². The summed E-state index contributed by atoms with van der Waals surface area (Å²) < 4.78 is 4.22. The van der Waals surface area contributed by atoms with Gasteiger partial charge in [-0.1, -0.05) is 6.08 Å². The fraction of sp³-hybridized carbons (Fsp3) is 0.364. The molecule has 0 atom stereocenters. The molecule has 6 heteroatoms. The smallest absolute Gasteiger partial charge is 0.324 e. The molecular formula is C11H14N4O2. The molecule has 0 saturated heterocycles. The van der Waals surface area contributed by atoms with Crippen LogP contribution in [0.25, 0.3) is 11.2 Å². The molecule has 2 rings (SSSR count). The van der Waals surface area contributed by atoms with E-state index in [1.165, 1.54) is 11.6 Å². The number of hydrogen-bond acceptors (Lipinski definition) is 3. The van der Waals surface area contributed by atoms with E-state index < -0.39 is 0 Å². The maximum Gasteiger partial charge on any atom is 0.332 e. The van der Waals surface area contributed by atoms with E-state index in [-0.39, 0.29) is 11.2 Å². The average molecular weight is 234 g/mol. The number of nitrogens with zero attached hydrogens (tertiary/aromatic N) is 4. The molecule has 6 nitrogen and oxygen atoms in total. The molecule has 0 N–H and O–H groups in total. The van der Waals surface area contributed by atoms with Crippen LogP contribution in [0.15, 0.2) is 28.6 Å². The zero-order chi connectivity index (χ0) is 12.6. The third-order valence-corrected chi connectivity index (χ3v) is 2.79. The minimum Gasteiger partial charge on any atom is -0.324 e. The summed E-state index contributed by atoms with van der Waals surface area (Å²) in [4.78, 5) is 27.8. The van der Waals surface area contributed by atoms with E-state index >= 15 is 0 Å². The molecular weight excluding hydrogens is 220 g/mol. The minimum absolute atomic E-state index is 0.315. The molecule has 2 aromatic heterocycles. The van der Waals surface area contributed by atoms with Gasteiger partial charge in [-0.3, -0.25) is 13.9 Å². The Hall–Kier alpha value is -2.11. The maximum absolute atomic E-state index is 12.0. The molecule has 0 fully saturated rings. The van der Waals surface area contributed by atoms with Gasteiger partial charge in [0.2, 0.25) is 0 Å². The van der Waals surface area contributed by atoms with Crippen LogP contribution in [-0.4, -0.2) is 18.7 Å². The second-order valence-corrected chi connectivity index (χ2v) is 3.89. The predicted molar refractivity (Wildman–Crippen MR) is 65.0 cm³/mol. The summed E-state index contributed by atoms with van der Waals surface area (Å²) in [5.74, 6) is 0. The van der Waals surface area contributed by atoms with Gasteiger partial charge in [-0.2, -0.15) is 0 Å². The number of aromatic nitrogens is 4. The first-order chi connectivity index (χ1) is 8.07. The maximum atomic E-state index is 12.0. The summed E-state index contributed by atoms with van der Waals surface area (Å²) in [5.41, 5.74) is 0.194. The average Bonchev–Trinajstić information content (AvgIpc) is 2.75.